The van der Waals surface area contributed by atoms with Crippen LogP contribution in [0.2, 0.25) is 0 Å². The third-order valence-corrected chi connectivity index (χ3v) is 5.23. The van der Waals surface area contributed by atoms with Gasteiger partial charge in [0.2, 0.25) is 12.2 Å². The Hall–Kier alpha value is -2.98. The van der Waals surface area contributed by atoms with Crippen molar-refractivity contribution in [2.45, 2.75) is 49.5 Å². The zero-order valence-corrected chi connectivity index (χ0v) is 15.1. The standard InChI is InChI=1S/C17H19F2N7O2/c1-26-8-21-14(22-9-5-17(18,19)6-9)25-15(26)24-12-4-10-11(7-20-12)28-16(2-3-16)13(27)23-10/h4,7-9,15H,2-3,5-6H2,1H3,(H,20,24)(H,22,25)(H,23,27). The van der Waals surface area contributed by atoms with E-state index in [0.29, 0.717) is 36.1 Å². The lowest BCUT2D eigenvalue weighted by Gasteiger charge is -2.36. The highest BCUT2D eigenvalue weighted by Gasteiger charge is 2.55. The van der Waals surface area contributed by atoms with Crippen LogP contribution in [0.25, 0.3) is 0 Å². The van der Waals surface area contributed by atoms with E-state index in [1.165, 1.54) is 0 Å². The molecule has 2 fully saturated rings. The number of carbonyl (C=O) groups excluding carboxylic acids is 1. The number of alkyl halides is 2. The summed E-state index contributed by atoms with van der Waals surface area (Å²) >= 11 is 0. The normalized spacial score (nSPS) is 26.5. The molecule has 0 saturated heterocycles. The number of carbonyl (C=O) groups is 1. The molecule has 9 nitrogen and oxygen atoms in total. The van der Waals surface area contributed by atoms with Gasteiger partial charge in [0, 0.05) is 44.8 Å². The minimum Gasteiger partial charge on any atom is -0.474 e. The minimum atomic E-state index is -2.61. The summed E-state index contributed by atoms with van der Waals surface area (Å²) in [6.45, 7) is 0. The Morgan fingerprint density at radius 3 is 2.82 bits per heavy atom. The minimum absolute atomic E-state index is 0.138. The Morgan fingerprint density at radius 2 is 2.11 bits per heavy atom. The van der Waals surface area contributed by atoms with Crippen molar-refractivity contribution in [3.63, 3.8) is 0 Å². The molecule has 2 saturated carbocycles. The fourth-order valence-electron chi connectivity index (χ4n) is 3.37. The fourth-order valence-corrected chi connectivity index (χ4v) is 3.37. The third-order valence-electron chi connectivity index (χ3n) is 5.23. The van der Waals surface area contributed by atoms with Gasteiger partial charge in [-0.25, -0.2) is 23.7 Å². The molecule has 1 spiro atoms. The van der Waals surface area contributed by atoms with E-state index in [9.17, 15) is 13.6 Å². The first-order valence-electron chi connectivity index (χ1n) is 9.07. The number of ether oxygens (including phenoxy) is 1. The van der Waals surface area contributed by atoms with Gasteiger partial charge in [0.25, 0.3) is 11.8 Å². The Kier molecular flexibility index (Phi) is 3.52. The van der Waals surface area contributed by atoms with Crippen molar-refractivity contribution in [1.82, 2.24) is 15.2 Å². The number of halogens is 2. The molecule has 0 aromatic carbocycles. The first kappa shape index (κ1) is 17.1. The number of hydrogen-bond acceptors (Lipinski definition) is 8. The maximum Gasteiger partial charge on any atom is 0.268 e. The summed E-state index contributed by atoms with van der Waals surface area (Å²) in [4.78, 5) is 26.7. The van der Waals surface area contributed by atoms with Crippen LogP contribution in [0.4, 0.5) is 20.3 Å². The molecule has 0 bridgehead atoms. The number of fused-ring (bicyclic) bond motifs is 1. The number of nitrogens with one attached hydrogen (secondary N) is 3. The summed E-state index contributed by atoms with van der Waals surface area (Å²) in [5, 5.41) is 8.91. The predicted octanol–water partition coefficient (Wildman–Crippen LogP) is 1.36. The first-order valence-corrected chi connectivity index (χ1v) is 9.07. The summed E-state index contributed by atoms with van der Waals surface area (Å²) < 4.78 is 31.8. The highest BCUT2D eigenvalue weighted by atomic mass is 19.3. The van der Waals surface area contributed by atoms with Crippen LogP contribution in [0.5, 0.6) is 5.75 Å². The van der Waals surface area contributed by atoms with Gasteiger partial charge in [-0.2, -0.15) is 0 Å². The van der Waals surface area contributed by atoms with Crippen LogP contribution in [-0.2, 0) is 4.79 Å². The molecule has 5 rings (SSSR count). The van der Waals surface area contributed by atoms with E-state index < -0.39 is 17.8 Å². The molecule has 3 heterocycles. The second kappa shape index (κ2) is 5.76. The summed E-state index contributed by atoms with van der Waals surface area (Å²) in [6.07, 6.45) is 3.58. The largest absolute Gasteiger partial charge is 0.474 e. The predicted molar refractivity (Wildman–Crippen MR) is 97.7 cm³/mol. The number of aliphatic imine (C=N–C) groups is 2. The average Bonchev–Trinajstić information content (AvgIpc) is 3.38. The van der Waals surface area contributed by atoms with E-state index in [4.69, 9.17) is 4.74 Å². The lowest BCUT2D eigenvalue weighted by molar-refractivity contribution is -0.125. The summed E-state index contributed by atoms with van der Waals surface area (Å²) in [5.41, 5.74) is -0.168. The number of anilines is 2. The molecule has 1 aromatic rings. The summed E-state index contributed by atoms with van der Waals surface area (Å²) in [6, 6.07) is 1.34. The van der Waals surface area contributed by atoms with E-state index in [2.05, 4.69) is 30.9 Å². The second-order valence-corrected chi connectivity index (χ2v) is 7.60. The quantitative estimate of drug-likeness (QED) is 0.719. The molecular formula is C17H19F2N7O2. The van der Waals surface area contributed by atoms with Crippen LogP contribution in [0.1, 0.15) is 25.7 Å². The third kappa shape index (κ3) is 3.00. The Morgan fingerprint density at radius 1 is 1.32 bits per heavy atom. The lowest BCUT2D eigenvalue weighted by Crippen LogP contribution is -2.52. The lowest BCUT2D eigenvalue weighted by atomic mass is 9.88. The van der Waals surface area contributed by atoms with Gasteiger partial charge >= 0.3 is 0 Å². The molecule has 11 heteroatoms. The average molecular weight is 391 g/mol. The molecular weight excluding hydrogens is 372 g/mol. The number of hydrogen-bond donors (Lipinski definition) is 3. The monoisotopic (exact) mass is 391 g/mol. The smallest absolute Gasteiger partial charge is 0.268 e. The zero-order valence-electron chi connectivity index (χ0n) is 15.1. The number of nitrogens with zero attached hydrogens (tertiary/aromatic N) is 4. The number of guanidine groups is 1. The van der Waals surface area contributed by atoms with E-state index in [-0.39, 0.29) is 24.8 Å². The number of rotatable bonds is 3. The molecule has 2 aliphatic carbocycles. The SMILES string of the molecule is CN1C=NC(NC2CC(F)(F)C2)=NC1Nc1cc2c(cn1)OC1(CC1)C(=O)N2. The van der Waals surface area contributed by atoms with E-state index in [1.54, 1.807) is 30.5 Å². The molecule has 4 aliphatic rings. The van der Waals surface area contributed by atoms with Crippen LogP contribution in [0.15, 0.2) is 22.2 Å². The molecule has 1 unspecified atom stereocenters. The van der Waals surface area contributed by atoms with Crippen molar-refractivity contribution in [2.75, 3.05) is 17.7 Å². The molecule has 0 radical (unpaired) electrons. The molecule has 28 heavy (non-hydrogen) atoms. The zero-order chi connectivity index (χ0) is 19.5. The van der Waals surface area contributed by atoms with E-state index in [0.717, 1.165) is 0 Å². The number of amides is 1. The fraction of sp³-hybridized carbons (Fsp3) is 0.529. The molecule has 3 N–H and O–H groups in total. The van der Waals surface area contributed by atoms with Gasteiger partial charge in [-0.3, -0.25) is 4.79 Å². The van der Waals surface area contributed by atoms with E-state index >= 15 is 0 Å². The van der Waals surface area contributed by atoms with Crippen molar-refractivity contribution >= 4 is 29.7 Å². The van der Waals surface area contributed by atoms with Gasteiger partial charge in [0.05, 0.1) is 18.2 Å². The van der Waals surface area contributed by atoms with Crippen molar-refractivity contribution in [3.8, 4) is 5.75 Å². The van der Waals surface area contributed by atoms with Crippen molar-refractivity contribution in [3.05, 3.63) is 12.3 Å². The second-order valence-electron chi connectivity index (χ2n) is 7.60. The van der Waals surface area contributed by atoms with Gasteiger partial charge in [-0.1, -0.05) is 0 Å². The van der Waals surface area contributed by atoms with Gasteiger partial charge in [-0.15, -0.1) is 0 Å². The summed E-state index contributed by atoms with van der Waals surface area (Å²) in [5.74, 6) is -1.43. The van der Waals surface area contributed by atoms with Gasteiger partial charge < -0.3 is 25.6 Å². The first-order chi connectivity index (χ1) is 13.3. The van der Waals surface area contributed by atoms with Crippen LogP contribution < -0.4 is 20.7 Å². The maximum absolute atomic E-state index is 13.0. The van der Waals surface area contributed by atoms with Gasteiger partial charge in [0.15, 0.2) is 11.4 Å². The van der Waals surface area contributed by atoms with Crippen molar-refractivity contribution in [1.29, 1.82) is 0 Å². The topological polar surface area (TPSA) is 103 Å². The van der Waals surface area contributed by atoms with Crippen LogP contribution in [-0.4, -0.2) is 59.0 Å². The van der Waals surface area contributed by atoms with Crippen LogP contribution in [0, 0.1) is 0 Å². The Labute approximate surface area is 159 Å². The highest BCUT2D eigenvalue weighted by Crippen LogP contribution is 2.46. The van der Waals surface area contributed by atoms with Gasteiger partial charge in [-0.05, 0) is 0 Å². The van der Waals surface area contributed by atoms with Crippen LogP contribution >= 0.6 is 0 Å². The molecule has 2 aliphatic heterocycles. The number of pyridine rings is 1. The maximum atomic E-state index is 13.0. The van der Waals surface area contributed by atoms with Gasteiger partial charge in [0.1, 0.15) is 5.82 Å². The Balaban J connectivity index is 1.28. The Bertz CT molecular complexity index is 891. The molecule has 1 amide bonds. The van der Waals surface area contributed by atoms with Crippen molar-refractivity contribution in [2.24, 2.45) is 9.98 Å². The summed E-state index contributed by atoms with van der Waals surface area (Å²) in [7, 11) is 1.78. The molecule has 148 valence electrons. The van der Waals surface area contributed by atoms with Crippen molar-refractivity contribution < 1.29 is 18.3 Å². The molecule has 1 atom stereocenters. The van der Waals surface area contributed by atoms with E-state index in [1.807, 2.05) is 0 Å². The highest BCUT2D eigenvalue weighted by molar-refractivity contribution is 6.02. The number of aromatic nitrogens is 1. The molecule has 1 aromatic heterocycles. The van der Waals surface area contributed by atoms with Crippen LogP contribution in [0.3, 0.4) is 0 Å².